The molecule has 3 atom stereocenters. The lowest BCUT2D eigenvalue weighted by atomic mass is 9.78. The Kier molecular flexibility index (Phi) is 4.66. The summed E-state index contributed by atoms with van der Waals surface area (Å²) in [5.41, 5.74) is 0. The molecule has 0 bridgehead atoms. The van der Waals surface area contributed by atoms with E-state index in [-0.39, 0.29) is 0 Å². The highest BCUT2D eigenvalue weighted by atomic mass is 15.2. The van der Waals surface area contributed by atoms with Gasteiger partial charge in [-0.2, -0.15) is 0 Å². The summed E-state index contributed by atoms with van der Waals surface area (Å²) >= 11 is 0. The molecule has 2 heteroatoms. The van der Waals surface area contributed by atoms with E-state index in [1.807, 2.05) is 0 Å². The van der Waals surface area contributed by atoms with Crippen molar-refractivity contribution in [3.63, 3.8) is 0 Å². The molecule has 1 aliphatic carbocycles. The Morgan fingerprint density at radius 2 is 1.62 bits per heavy atom. The van der Waals surface area contributed by atoms with E-state index >= 15 is 0 Å². The molecule has 0 aromatic carbocycles. The van der Waals surface area contributed by atoms with Crippen LogP contribution in [0.4, 0.5) is 0 Å². The Morgan fingerprint density at radius 1 is 0.938 bits per heavy atom. The van der Waals surface area contributed by atoms with E-state index in [1.54, 1.807) is 0 Å². The molecule has 2 rings (SSSR count). The molecule has 0 amide bonds. The fourth-order valence-electron chi connectivity index (χ4n) is 3.27. The summed E-state index contributed by atoms with van der Waals surface area (Å²) in [5.74, 6) is 1.88. The van der Waals surface area contributed by atoms with Crippen molar-refractivity contribution < 1.29 is 0 Å². The van der Waals surface area contributed by atoms with Crippen molar-refractivity contribution in [3.05, 3.63) is 0 Å². The summed E-state index contributed by atoms with van der Waals surface area (Å²) in [6.45, 7) is 9.95. The van der Waals surface area contributed by atoms with E-state index in [4.69, 9.17) is 0 Å². The van der Waals surface area contributed by atoms with Crippen LogP contribution in [0.5, 0.6) is 0 Å². The van der Waals surface area contributed by atoms with Crippen molar-refractivity contribution in [1.82, 2.24) is 10.2 Å². The van der Waals surface area contributed by atoms with Crippen molar-refractivity contribution in [2.45, 2.75) is 52.0 Å². The minimum absolute atomic E-state index is 0.893. The average molecular weight is 224 g/mol. The summed E-state index contributed by atoms with van der Waals surface area (Å²) < 4.78 is 0. The number of nitrogens with one attached hydrogen (secondary N) is 1. The van der Waals surface area contributed by atoms with Gasteiger partial charge in [0.1, 0.15) is 0 Å². The third-order valence-corrected chi connectivity index (χ3v) is 4.68. The minimum Gasteiger partial charge on any atom is -0.317 e. The fraction of sp³-hybridized carbons (Fsp3) is 1.00. The first-order chi connectivity index (χ1) is 7.77. The standard InChI is InChI=1S/C14H28N2/c1-12-5-6-14(11-13(12)2)16-9-3-7-15-8-4-10-16/h12-15H,3-11H2,1-2H3. The Hall–Kier alpha value is -0.0800. The summed E-state index contributed by atoms with van der Waals surface area (Å²) in [4.78, 5) is 2.78. The molecule has 0 spiro atoms. The molecular formula is C14H28N2. The van der Waals surface area contributed by atoms with Gasteiger partial charge in [0.15, 0.2) is 0 Å². The number of hydrogen-bond donors (Lipinski definition) is 1. The summed E-state index contributed by atoms with van der Waals surface area (Å²) in [6.07, 6.45) is 7.00. The van der Waals surface area contributed by atoms with Gasteiger partial charge in [-0.25, -0.2) is 0 Å². The third kappa shape index (κ3) is 3.21. The molecule has 1 heterocycles. The predicted molar refractivity (Wildman–Crippen MR) is 69.6 cm³/mol. The zero-order chi connectivity index (χ0) is 11.4. The molecule has 0 aromatic heterocycles. The first kappa shape index (κ1) is 12.4. The van der Waals surface area contributed by atoms with Gasteiger partial charge in [-0.05, 0) is 70.1 Å². The van der Waals surface area contributed by atoms with Crippen LogP contribution in [-0.2, 0) is 0 Å². The molecule has 94 valence electrons. The van der Waals surface area contributed by atoms with Crippen LogP contribution in [0.1, 0.15) is 46.0 Å². The second kappa shape index (κ2) is 6.02. The maximum atomic E-state index is 3.50. The van der Waals surface area contributed by atoms with Gasteiger partial charge in [-0.15, -0.1) is 0 Å². The molecule has 1 aliphatic heterocycles. The summed E-state index contributed by atoms with van der Waals surface area (Å²) in [7, 11) is 0. The maximum Gasteiger partial charge on any atom is 0.00980 e. The van der Waals surface area contributed by atoms with Crippen molar-refractivity contribution in [3.8, 4) is 0 Å². The second-order valence-corrected chi connectivity index (χ2v) is 5.91. The number of hydrogen-bond acceptors (Lipinski definition) is 2. The Balaban J connectivity index is 1.85. The van der Waals surface area contributed by atoms with Gasteiger partial charge in [-0.1, -0.05) is 13.8 Å². The zero-order valence-corrected chi connectivity index (χ0v) is 11.0. The molecule has 1 saturated carbocycles. The van der Waals surface area contributed by atoms with Gasteiger partial charge in [0.25, 0.3) is 0 Å². The van der Waals surface area contributed by atoms with Crippen molar-refractivity contribution in [2.75, 3.05) is 26.2 Å². The molecule has 3 unspecified atom stereocenters. The van der Waals surface area contributed by atoms with E-state index in [9.17, 15) is 0 Å². The molecule has 2 fully saturated rings. The van der Waals surface area contributed by atoms with Crippen LogP contribution < -0.4 is 5.32 Å². The smallest absolute Gasteiger partial charge is 0.00980 e. The fourth-order valence-corrected chi connectivity index (χ4v) is 3.27. The highest BCUT2D eigenvalue weighted by molar-refractivity contribution is 4.82. The van der Waals surface area contributed by atoms with Crippen molar-refractivity contribution in [1.29, 1.82) is 0 Å². The Labute approximate surface area is 101 Å². The molecule has 1 N–H and O–H groups in total. The highest BCUT2D eigenvalue weighted by Crippen LogP contribution is 2.32. The molecule has 2 aliphatic rings. The van der Waals surface area contributed by atoms with Crippen LogP contribution in [0.3, 0.4) is 0 Å². The zero-order valence-electron chi connectivity index (χ0n) is 11.0. The van der Waals surface area contributed by atoms with Crippen LogP contribution in [0.25, 0.3) is 0 Å². The third-order valence-electron chi connectivity index (χ3n) is 4.68. The number of rotatable bonds is 1. The quantitative estimate of drug-likeness (QED) is 0.736. The van der Waals surface area contributed by atoms with Gasteiger partial charge in [0.05, 0.1) is 0 Å². The van der Waals surface area contributed by atoms with Gasteiger partial charge < -0.3 is 10.2 Å². The van der Waals surface area contributed by atoms with Gasteiger partial charge in [0, 0.05) is 6.04 Å². The van der Waals surface area contributed by atoms with E-state index < -0.39 is 0 Å². The highest BCUT2D eigenvalue weighted by Gasteiger charge is 2.28. The topological polar surface area (TPSA) is 15.3 Å². The lowest BCUT2D eigenvalue weighted by molar-refractivity contribution is 0.103. The first-order valence-electron chi connectivity index (χ1n) is 7.22. The first-order valence-corrected chi connectivity index (χ1v) is 7.22. The van der Waals surface area contributed by atoms with Crippen LogP contribution in [-0.4, -0.2) is 37.1 Å². The predicted octanol–water partition coefficient (Wildman–Crippen LogP) is 2.50. The molecule has 16 heavy (non-hydrogen) atoms. The largest absolute Gasteiger partial charge is 0.317 e. The van der Waals surface area contributed by atoms with Crippen LogP contribution in [0, 0.1) is 11.8 Å². The van der Waals surface area contributed by atoms with Crippen molar-refractivity contribution >= 4 is 0 Å². The Bertz CT molecular complexity index is 194. The van der Waals surface area contributed by atoms with Crippen LogP contribution >= 0.6 is 0 Å². The molecule has 2 nitrogen and oxygen atoms in total. The van der Waals surface area contributed by atoms with E-state index in [0.717, 1.165) is 17.9 Å². The SMILES string of the molecule is CC1CCC(N2CCCNCCC2)CC1C. The van der Waals surface area contributed by atoms with E-state index in [1.165, 1.54) is 58.3 Å². The summed E-state index contributed by atoms with van der Waals surface area (Å²) in [5, 5.41) is 3.50. The van der Waals surface area contributed by atoms with Crippen molar-refractivity contribution in [2.24, 2.45) is 11.8 Å². The average Bonchev–Trinajstić information content (AvgIpc) is 2.22. The molecule has 0 aromatic rings. The molecular weight excluding hydrogens is 196 g/mol. The monoisotopic (exact) mass is 224 g/mol. The maximum absolute atomic E-state index is 3.50. The molecule has 0 radical (unpaired) electrons. The normalized spacial score (nSPS) is 39.0. The van der Waals surface area contributed by atoms with E-state index in [2.05, 4.69) is 24.1 Å². The molecule has 1 saturated heterocycles. The van der Waals surface area contributed by atoms with E-state index in [0.29, 0.717) is 0 Å². The second-order valence-electron chi connectivity index (χ2n) is 5.91. The van der Waals surface area contributed by atoms with Crippen LogP contribution in [0.15, 0.2) is 0 Å². The van der Waals surface area contributed by atoms with Gasteiger partial charge >= 0.3 is 0 Å². The minimum atomic E-state index is 0.893. The lowest BCUT2D eigenvalue weighted by Crippen LogP contribution is -2.43. The summed E-state index contributed by atoms with van der Waals surface area (Å²) in [6, 6.07) is 0.893. The van der Waals surface area contributed by atoms with Gasteiger partial charge in [0.2, 0.25) is 0 Å². The lowest BCUT2D eigenvalue weighted by Gasteiger charge is -2.40. The van der Waals surface area contributed by atoms with Crippen LogP contribution in [0.2, 0.25) is 0 Å². The Morgan fingerprint density at radius 3 is 2.25 bits per heavy atom. The van der Waals surface area contributed by atoms with Gasteiger partial charge in [-0.3, -0.25) is 0 Å². The number of nitrogens with zero attached hydrogens (tertiary/aromatic N) is 1.